The van der Waals surface area contributed by atoms with Crippen molar-refractivity contribution in [1.29, 1.82) is 5.41 Å². The Bertz CT molecular complexity index is 293. The van der Waals surface area contributed by atoms with E-state index in [1.54, 1.807) is 0 Å². The third-order valence-electron chi connectivity index (χ3n) is 1.65. The van der Waals surface area contributed by atoms with Gasteiger partial charge in [0.15, 0.2) is 0 Å². The molecule has 1 aliphatic heterocycles. The molecule has 0 aromatic carbocycles. The van der Waals surface area contributed by atoms with E-state index in [1.165, 1.54) is 0 Å². The maximum Gasteiger partial charge on any atom is 0.142 e. The Labute approximate surface area is 78.0 Å². The van der Waals surface area contributed by atoms with Crippen LogP contribution in [-0.2, 0) is 0 Å². The molecule has 0 unspecified atom stereocenters. The van der Waals surface area contributed by atoms with Gasteiger partial charge in [-0.3, -0.25) is 8.52 Å². The summed E-state index contributed by atoms with van der Waals surface area (Å²) in [6, 6.07) is 0. The maximum absolute atomic E-state index is 7.65. The van der Waals surface area contributed by atoms with Gasteiger partial charge in [0.1, 0.15) is 5.84 Å². The number of hydrogen-bond acceptors (Lipinski definition) is 2. The lowest BCUT2D eigenvalue weighted by Gasteiger charge is -2.23. The summed E-state index contributed by atoms with van der Waals surface area (Å²) in [6.45, 7) is 0.699. The number of aromatic amines is 1. The summed E-state index contributed by atoms with van der Waals surface area (Å²) in [4.78, 5) is 2.96. The van der Waals surface area contributed by atoms with Crippen LogP contribution < -0.4 is 5.32 Å². The van der Waals surface area contributed by atoms with Crippen molar-refractivity contribution in [3.8, 4) is 0 Å². The fourth-order valence-electron chi connectivity index (χ4n) is 1.07. The molecule has 0 radical (unpaired) electrons. The molecule has 0 fully saturated rings. The molecule has 0 bridgehead atoms. The highest BCUT2D eigenvalue weighted by Gasteiger charge is 2.18. The molecule has 5 heteroatoms. The molecule has 1 aliphatic rings. The fourth-order valence-corrected chi connectivity index (χ4v) is 1.50. The summed E-state index contributed by atoms with van der Waals surface area (Å²) >= 11 is 2.11. The first-order chi connectivity index (χ1) is 5.29. The van der Waals surface area contributed by atoms with Gasteiger partial charge in [0.25, 0.3) is 0 Å². The molecular weight excluding hydrogens is 255 g/mol. The second-order valence-corrected chi connectivity index (χ2v) is 3.49. The van der Waals surface area contributed by atoms with E-state index in [0.717, 1.165) is 11.3 Å². The van der Waals surface area contributed by atoms with Crippen LogP contribution in [0.3, 0.4) is 0 Å². The number of H-pyrrole nitrogens is 1. The Morgan fingerprint density at radius 3 is 3.18 bits per heavy atom. The summed E-state index contributed by atoms with van der Waals surface area (Å²) in [6.07, 6.45) is 3.70. The van der Waals surface area contributed by atoms with E-state index < -0.39 is 0 Å². The number of anilines is 1. The Balaban J connectivity index is 2.46. The van der Waals surface area contributed by atoms with E-state index in [9.17, 15) is 0 Å². The first kappa shape index (κ1) is 6.96. The van der Waals surface area contributed by atoms with E-state index in [2.05, 4.69) is 33.2 Å². The van der Waals surface area contributed by atoms with Gasteiger partial charge in [0, 0.05) is 12.4 Å². The van der Waals surface area contributed by atoms with Gasteiger partial charge in [0.05, 0.1) is 40.8 Å². The zero-order chi connectivity index (χ0) is 7.84. The van der Waals surface area contributed by atoms with Crippen LogP contribution in [0.2, 0.25) is 0 Å². The average molecular weight is 262 g/mol. The molecular formula is C6H7IN4. The molecule has 58 valence electrons. The predicted molar refractivity (Wildman–Crippen MR) is 52.0 cm³/mol. The summed E-state index contributed by atoms with van der Waals surface area (Å²) in [5.74, 6) is 0.556. The van der Waals surface area contributed by atoms with E-state index in [4.69, 9.17) is 5.41 Å². The molecule has 0 saturated carbocycles. The molecule has 3 N–H and O–H groups in total. The monoisotopic (exact) mass is 262 g/mol. The number of amidine groups is 1. The zero-order valence-corrected chi connectivity index (χ0v) is 7.84. The molecule has 0 saturated heterocycles. The number of halogens is 1. The highest BCUT2D eigenvalue weighted by atomic mass is 127. The number of nitrogens with zero attached hydrogens (tertiary/aromatic N) is 1. The molecule has 1 aromatic rings. The Kier molecular flexibility index (Phi) is 1.52. The van der Waals surface area contributed by atoms with E-state index in [0.29, 0.717) is 12.5 Å². The van der Waals surface area contributed by atoms with Crippen molar-refractivity contribution < 1.29 is 0 Å². The van der Waals surface area contributed by atoms with Gasteiger partial charge in [-0.15, -0.1) is 0 Å². The lowest BCUT2D eigenvalue weighted by molar-refractivity contribution is 0.755. The standard InChI is InChI=1S/C6H7IN4/c7-11-3-10-5-2-9-1-4(5)6(11)8/h1-2,8-10H,3H2. The van der Waals surface area contributed by atoms with Crippen LogP contribution >= 0.6 is 22.9 Å². The fraction of sp³-hybridized carbons (Fsp3) is 0.167. The normalized spacial score (nSPS) is 16.1. The minimum Gasteiger partial charge on any atom is -0.365 e. The van der Waals surface area contributed by atoms with Crippen LogP contribution in [0.25, 0.3) is 0 Å². The van der Waals surface area contributed by atoms with Gasteiger partial charge in [-0.25, -0.2) is 0 Å². The molecule has 1 aromatic heterocycles. The lowest BCUT2D eigenvalue weighted by atomic mass is 10.2. The largest absolute Gasteiger partial charge is 0.365 e. The third kappa shape index (κ3) is 0.991. The highest BCUT2D eigenvalue weighted by Crippen LogP contribution is 2.22. The van der Waals surface area contributed by atoms with Gasteiger partial charge in [-0.05, 0) is 0 Å². The topological polar surface area (TPSA) is 54.9 Å². The smallest absolute Gasteiger partial charge is 0.142 e. The van der Waals surface area contributed by atoms with Crippen LogP contribution in [0.1, 0.15) is 5.56 Å². The Morgan fingerprint density at radius 2 is 2.36 bits per heavy atom. The molecule has 2 heterocycles. The summed E-state index contributed by atoms with van der Waals surface area (Å²) in [5.41, 5.74) is 1.95. The van der Waals surface area contributed by atoms with Crippen molar-refractivity contribution in [3.05, 3.63) is 18.0 Å². The molecule has 0 aliphatic carbocycles. The maximum atomic E-state index is 7.65. The number of rotatable bonds is 0. The van der Waals surface area contributed by atoms with Crippen molar-refractivity contribution in [3.63, 3.8) is 0 Å². The third-order valence-corrected chi connectivity index (χ3v) is 2.48. The Morgan fingerprint density at radius 1 is 1.55 bits per heavy atom. The number of nitrogens with one attached hydrogen (secondary N) is 3. The minimum atomic E-state index is 0.556. The van der Waals surface area contributed by atoms with Crippen molar-refractivity contribution >= 4 is 34.4 Å². The number of fused-ring (bicyclic) bond motifs is 1. The van der Waals surface area contributed by atoms with Crippen molar-refractivity contribution in [2.75, 3.05) is 12.0 Å². The molecule has 4 nitrogen and oxygen atoms in total. The van der Waals surface area contributed by atoms with Gasteiger partial charge in [0.2, 0.25) is 0 Å². The van der Waals surface area contributed by atoms with E-state index in [1.807, 2.05) is 15.5 Å². The second kappa shape index (κ2) is 2.40. The Hall–Kier alpha value is -0.720. The molecule has 0 amide bonds. The summed E-state index contributed by atoms with van der Waals surface area (Å²) in [5, 5.41) is 10.8. The highest BCUT2D eigenvalue weighted by molar-refractivity contribution is 14.1. The van der Waals surface area contributed by atoms with E-state index >= 15 is 0 Å². The van der Waals surface area contributed by atoms with Gasteiger partial charge >= 0.3 is 0 Å². The second-order valence-electron chi connectivity index (χ2n) is 2.33. The minimum absolute atomic E-state index is 0.556. The molecule has 0 atom stereocenters. The zero-order valence-electron chi connectivity index (χ0n) is 5.69. The quantitative estimate of drug-likeness (QED) is 0.488. The molecule has 11 heavy (non-hydrogen) atoms. The van der Waals surface area contributed by atoms with Crippen LogP contribution in [0.4, 0.5) is 5.69 Å². The summed E-state index contributed by atoms with van der Waals surface area (Å²) in [7, 11) is 0. The average Bonchev–Trinajstić information content (AvgIpc) is 2.45. The van der Waals surface area contributed by atoms with E-state index in [-0.39, 0.29) is 0 Å². The van der Waals surface area contributed by atoms with Crippen LogP contribution in [0, 0.1) is 5.41 Å². The molecule has 2 rings (SSSR count). The first-order valence-corrected chi connectivity index (χ1v) is 4.18. The van der Waals surface area contributed by atoms with Crippen molar-refractivity contribution in [1.82, 2.24) is 8.10 Å². The molecule has 0 spiro atoms. The van der Waals surface area contributed by atoms with Crippen LogP contribution in [-0.4, -0.2) is 20.6 Å². The predicted octanol–water partition coefficient (Wildman–Crippen LogP) is 1.38. The SMILES string of the molecule is N=C1c2c[nH]cc2NCN1I. The van der Waals surface area contributed by atoms with Gasteiger partial charge in [-0.2, -0.15) is 0 Å². The number of aromatic nitrogens is 1. The van der Waals surface area contributed by atoms with Gasteiger partial charge in [-0.1, -0.05) is 0 Å². The summed E-state index contributed by atoms with van der Waals surface area (Å²) < 4.78 is 1.83. The first-order valence-electron chi connectivity index (χ1n) is 3.22. The van der Waals surface area contributed by atoms with Crippen molar-refractivity contribution in [2.24, 2.45) is 0 Å². The van der Waals surface area contributed by atoms with Crippen LogP contribution in [0.15, 0.2) is 12.4 Å². The van der Waals surface area contributed by atoms with Crippen molar-refractivity contribution in [2.45, 2.75) is 0 Å². The van der Waals surface area contributed by atoms with Crippen LogP contribution in [0.5, 0.6) is 0 Å². The number of hydrogen-bond donors (Lipinski definition) is 3. The van der Waals surface area contributed by atoms with Gasteiger partial charge < -0.3 is 10.3 Å². The lowest BCUT2D eigenvalue weighted by Crippen LogP contribution is -2.31.